The molecule has 0 aliphatic carbocycles. The van der Waals surface area contributed by atoms with Crippen LogP contribution in [0.5, 0.6) is 0 Å². The summed E-state index contributed by atoms with van der Waals surface area (Å²) < 4.78 is 114. The Labute approximate surface area is 188 Å². The SMILES string of the molecule is Cc1ccc(C)c([S+](c2cc(F)cc(F)c2)c2cc(F)cc(F)c2)c1.O=S(=O)([O-])C(F)(F)F. The summed E-state index contributed by atoms with van der Waals surface area (Å²) in [4.78, 5) is 1.43. The quantitative estimate of drug-likeness (QED) is 0.187. The minimum Gasteiger partial charge on any atom is -0.741 e. The first-order valence-corrected chi connectivity index (χ1v) is 11.5. The number of aryl methyl sites for hydroxylation is 2. The molecule has 0 saturated heterocycles. The fourth-order valence-corrected chi connectivity index (χ4v) is 5.01. The molecule has 0 aromatic heterocycles. The molecule has 0 bridgehead atoms. The summed E-state index contributed by atoms with van der Waals surface area (Å²) in [6, 6.07) is 12.1. The fourth-order valence-electron chi connectivity index (χ4n) is 2.61. The molecule has 0 radical (unpaired) electrons. The third kappa shape index (κ3) is 7.21. The van der Waals surface area contributed by atoms with Crippen LogP contribution in [0.25, 0.3) is 0 Å². The van der Waals surface area contributed by atoms with Crippen molar-refractivity contribution in [2.24, 2.45) is 0 Å². The molecule has 0 saturated carbocycles. The molecule has 0 amide bonds. The van der Waals surface area contributed by atoms with Crippen LogP contribution in [0.4, 0.5) is 30.7 Å². The van der Waals surface area contributed by atoms with Gasteiger partial charge in [-0.2, -0.15) is 13.2 Å². The predicted molar refractivity (Wildman–Crippen MR) is 107 cm³/mol. The zero-order valence-corrected chi connectivity index (χ0v) is 18.5. The predicted octanol–water partition coefficient (Wildman–Crippen LogP) is 6.01. The molecule has 0 spiro atoms. The zero-order chi connectivity index (χ0) is 25.1. The molecule has 3 nitrogen and oxygen atoms in total. The van der Waals surface area contributed by atoms with Crippen LogP contribution in [0.2, 0.25) is 0 Å². The number of benzene rings is 3. The van der Waals surface area contributed by atoms with E-state index in [4.69, 9.17) is 13.0 Å². The number of rotatable bonds is 3. The lowest BCUT2D eigenvalue weighted by atomic mass is 10.2. The summed E-state index contributed by atoms with van der Waals surface area (Å²) in [5.74, 6) is -2.91. The Bertz CT molecular complexity index is 1170. The standard InChI is InChI=1S/C20H15F4S.CHF3O3S/c1-12-3-4-13(2)20(5-12)25(18-8-14(21)6-15(22)9-18)19-10-16(23)7-17(24)11-19;2-1(3,4)8(5,6)7/h3-11H,1-2H3;(H,5,6,7)/q+1;/p-1. The highest BCUT2D eigenvalue weighted by Gasteiger charge is 2.37. The normalized spacial score (nSPS) is 11.8. The van der Waals surface area contributed by atoms with Crippen LogP contribution in [0.1, 0.15) is 11.1 Å². The third-order valence-electron chi connectivity index (χ3n) is 3.99. The Kier molecular flexibility index (Phi) is 8.20. The van der Waals surface area contributed by atoms with E-state index in [1.165, 1.54) is 24.3 Å². The Balaban J connectivity index is 0.000000414. The molecule has 33 heavy (non-hydrogen) atoms. The van der Waals surface area contributed by atoms with Crippen molar-refractivity contribution >= 4 is 21.0 Å². The molecular weight excluding hydrogens is 497 g/mol. The summed E-state index contributed by atoms with van der Waals surface area (Å²) in [5, 5.41) is 0. The molecule has 0 aliphatic heterocycles. The highest BCUT2D eigenvalue weighted by molar-refractivity contribution is 7.97. The van der Waals surface area contributed by atoms with Gasteiger partial charge in [0.25, 0.3) is 0 Å². The van der Waals surface area contributed by atoms with Crippen LogP contribution in [-0.4, -0.2) is 18.5 Å². The van der Waals surface area contributed by atoms with Gasteiger partial charge in [-0.3, -0.25) is 0 Å². The highest BCUT2D eigenvalue weighted by Crippen LogP contribution is 2.35. The second kappa shape index (κ2) is 10.1. The van der Waals surface area contributed by atoms with Gasteiger partial charge in [0.1, 0.15) is 23.3 Å². The van der Waals surface area contributed by atoms with Gasteiger partial charge < -0.3 is 4.55 Å². The van der Waals surface area contributed by atoms with Gasteiger partial charge in [-0.15, -0.1) is 0 Å². The Morgan fingerprint density at radius 2 is 1.09 bits per heavy atom. The van der Waals surface area contributed by atoms with Crippen molar-refractivity contribution < 1.29 is 43.7 Å². The molecule has 0 atom stereocenters. The Morgan fingerprint density at radius 3 is 1.42 bits per heavy atom. The van der Waals surface area contributed by atoms with E-state index in [9.17, 15) is 30.7 Å². The van der Waals surface area contributed by atoms with Crippen molar-refractivity contribution in [2.75, 3.05) is 0 Å². The first-order valence-electron chi connectivity index (χ1n) is 8.84. The van der Waals surface area contributed by atoms with E-state index in [0.29, 0.717) is 9.79 Å². The van der Waals surface area contributed by atoms with Crippen molar-refractivity contribution in [3.05, 3.63) is 89.0 Å². The van der Waals surface area contributed by atoms with Crippen molar-refractivity contribution in [3.63, 3.8) is 0 Å². The Hall–Kier alpha value is -2.57. The van der Waals surface area contributed by atoms with Gasteiger partial charge in [0.2, 0.25) is 0 Å². The van der Waals surface area contributed by atoms with Crippen LogP contribution >= 0.6 is 0 Å². The van der Waals surface area contributed by atoms with E-state index in [-0.39, 0.29) is 0 Å². The molecule has 0 unspecified atom stereocenters. The summed E-state index contributed by atoms with van der Waals surface area (Å²) in [6.07, 6.45) is 0. The van der Waals surface area contributed by atoms with Crippen LogP contribution in [0, 0.1) is 37.1 Å². The molecular formula is C21H15F7O3S2. The lowest BCUT2D eigenvalue weighted by molar-refractivity contribution is -0.0517. The molecule has 0 heterocycles. The van der Waals surface area contributed by atoms with Gasteiger partial charge in [0.05, 0.1) is 10.9 Å². The van der Waals surface area contributed by atoms with Crippen molar-refractivity contribution in [3.8, 4) is 0 Å². The van der Waals surface area contributed by atoms with E-state index in [1.54, 1.807) is 0 Å². The maximum absolute atomic E-state index is 13.8. The molecule has 178 valence electrons. The molecule has 3 aromatic rings. The largest absolute Gasteiger partial charge is 0.741 e. The lowest BCUT2D eigenvalue weighted by Gasteiger charge is -2.11. The summed E-state index contributed by atoms with van der Waals surface area (Å²) >= 11 is 0. The van der Waals surface area contributed by atoms with E-state index < -0.39 is 49.8 Å². The van der Waals surface area contributed by atoms with Gasteiger partial charge >= 0.3 is 5.51 Å². The number of halogens is 7. The molecule has 0 fully saturated rings. The van der Waals surface area contributed by atoms with Gasteiger partial charge in [-0.05, 0) is 25.5 Å². The topological polar surface area (TPSA) is 57.2 Å². The molecule has 0 aliphatic rings. The molecule has 0 N–H and O–H groups in total. The second-order valence-corrected chi connectivity index (χ2v) is 10.1. The summed E-state index contributed by atoms with van der Waals surface area (Å²) in [6.45, 7) is 3.75. The van der Waals surface area contributed by atoms with E-state index >= 15 is 0 Å². The average Bonchev–Trinajstić information content (AvgIpc) is 2.62. The van der Waals surface area contributed by atoms with Crippen molar-refractivity contribution in [2.45, 2.75) is 34.0 Å². The molecule has 3 rings (SSSR count). The van der Waals surface area contributed by atoms with E-state index in [0.717, 1.165) is 28.2 Å². The smallest absolute Gasteiger partial charge is 0.485 e. The molecule has 3 aromatic carbocycles. The Morgan fingerprint density at radius 1 is 0.727 bits per heavy atom. The average molecular weight is 512 g/mol. The van der Waals surface area contributed by atoms with E-state index in [2.05, 4.69) is 0 Å². The maximum atomic E-state index is 13.8. The van der Waals surface area contributed by atoms with Crippen LogP contribution < -0.4 is 0 Å². The van der Waals surface area contributed by atoms with Crippen molar-refractivity contribution in [1.29, 1.82) is 0 Å². The molecule has 12 heteroatoms. The van der Waals surface area contributed by atoms with E-state index in [1.807, 2.05) is 32.0 Å². The number of hydrogen-bond donors (Lipinski definition) is 0. The van der Waals surface area contributed by atoms with Crippen LogP contribution in [0.3, 0.4) is 0 Å². The number of alkyl halides is 3. The second-order valence-electron chi connectivity index (χ2n) is 6.69. The monoisotopic (exact) mass is 512 g/mol. The zero-order valence-electron chi connectivity index (χ0n) is 16.9. The summed E-state index contributed by atoms with van der Waals surface area (Å²) in [5.41, 5.74) is -3.82. The van der Waals surface area contributed by atoms with Crippen LogP contribution in [-0.2, 0) is 21.0 Å². The first kappa shape index (κ1) is 26.7. The maximum Gasteiger partial charge on any atom is 0.485 e. The van der Waals surface area contributed by atoms with Gasteiger partial charge in [0, 0.05) is 42.0 Å². The minimum atomic E-state index is -6.09. The van der Waals surface area contributed by atoms with Gasteiger partial charge in [0.15, 0.2) is 24.8 Å². The van der Waals surface area contributed by atoms with Crippen molar-refractivity contribution in [1.82, 2.24) is 0 Å². The van der Waals surface area contributed by atoms with Gasteiger partial charge in [-0.1, -0.05) is 12.1 Å². The van der Waals surface area contributed by atoms with Gasteiger partial charge in [-0.25, -0.2) is 26.0 Å². The summed E-state index contributed by atoms with van der Waals surface area (Å²) in [7, 11) is -7.13. The first-order chi connectivity index (χ1) is 15.1. The van der Waals surface area contributed by atoms with Crippen LogP contribution in [0.15, 0.2) is 69.3 Å². The minimum absolute atomic E-state index is 0.330. The highest BCUT2D eigenvalue weighted by atomic mass is 32.2. The number of hydrogen-bond acceptors (Lipinski definition) is 3. The third-order valence-corrected chi connectivity index (χ3v) is 6.85. The fraction of sp³-hybridized carbons (Fsp3) is 0.143. The lowest BCUT2D eigenvalue weighted by Crippen LogP contribution is -2.21.